The maximum atomic E-state index is 8.71. The van der Waals surface area contributed by atoms with Gasteiger partial charge in [0.05, 0.1) is 17.1 Å². The number of nitriles is 1. The number of nitrogens with zero attached hydrogens (tertiary/aromatic N) is 2. The Bertz CT molecular complexity index is 351. The van der Waals surface area contributed by atoms with Crippen LogP contribution in [0.15, 0.2) is 23.4 Å². The van der Waals surface area contributed by atoms with E-state index >= 15 is 0 Å². The van der Waals surface area contributed by atoms with Gasteiger partial charge in [-0.3, -0.25) is 0 Å². The van der Waals surface area contributed by atoms with E-state index in [1.54, 1.807) is 31.1 Å². The Hall–Kier alpha value is -0.760. The van der Waals surface area contributed by atoms with E-state index in [9.17, 15) is 0 Å². The second kappa shape index (κ2) is 6.67. The minimum absolute atomic E-state index is 0.0972. The first kappa shape index (κ1) is 12.3. The number of pyridine rings is 1. The van der Waals surface area contributed by atoms with E-state index < -0.39 is 0 Å². The molecule has 0 bridgehead atoms. The number of rotatable bonds is 5. The van der Waals surface area contributed by atoms with Crippen LogP contribution in [-0.4, -0.2) is 23.8 Å². The van der Waals surface area contributed by atoms with Crippen LogP contribution >= 0.6 is 23.4 Å². The molecule has 0 aromatic carbocycles. The number of hydrogen-bond donors (Lipinski definition) is 1. The van der Waals surface area contributed by atoms with Crippen molar-refractivity contribution in [2.75, 3.05) is 12.8 Å². The zero-order valence-corrected chi connectivity index (χ0v) is 9.98. The van der Waals surface area contributed by atoms with Crippen molar-refractivity contribution in [3.8, 4) is 6.07 Å². The molecule has 0 fully saturated rings. The summed E-state index contributed by atoms with van der Waals surface area (Å²) in [5.74, 6) is 0.829. The fourth-order valence-corrected chi connectivity index (χ4v) is 2.20. The van der Waals surface area contributed by atoms with Crippen LogP contribution in [0.2, 0.25) is 5.02 Å². The van der Waals surface area contributed by atoms with Crippen LogP contribution in [-0.2, 0) is 0 Å². The van der Waals surface area contributed by atoms with Crippen LogP contribution in [0.5, 0.6) is 0 Å². The van der Waals surface area contributed by atoms with Crippen molar-refractivity contribution in [1.29, 1.82) is 5.26 Å². The molecule has 1 atom stereocenters. The highest BCUT2D eigenvalue weighted by atomic mass is 35.5. The third-order valence-corrected chi connectivity index (χ3v) is 3.33. The molecule has 15 heavy (non-hydrogen) atoms. The number of aromatic nitrogens is 1. The topological polar surface area (TPSA) is 48.7 Å². The van der Waals surface area contributed by atoms with Gasteiger partial charge in [-0.05, 0) is 25.6 Å². The third-order valence-electron chi connectivity index (χ3n) is 1.87. The molecule has 1 aromatic rings. The average Bonchev–Trinajstić information content (AvgIpc) is 2.27. The Morgan fingerprint density at radius 1 is 1.73 bits per heavy atom. The Labute approximate surface area is 98.8 Å². The number of thioether (sulfide) groups is 1. The van der Waals surface area contributed by atoms with Crippen molar-refractivity contribution in [3.63, 3.8) is 0 Å². The number of hydrogen-bond acceptors (Lipinski definition) is 4. The first-order valence-electron chi connectivity index (χ1n) is 4.58. The fourth-order valence-electron chi connectivity index (χ4n) is 1.02. The van der Waals surface area contributed by atoms with Gasteiger partial charge in [-0.2, -0.15) is 5.26 Å². The van der Waals surface area contributed by atoms with Crippen molar-refractivity contribution in [2.45, 2.75) is 17.5 Å². The maximum absolute atomic E-state index is 8.71. The van der Waals surface area contributed by atoms with Gasteiger partial charge in [-0.1, -0.05) is 11.6 Å². The van der Waals surface area contributed by atoms with Gasteiger partial charge in [0.2, 0.25) is 0 Å². The smallest absolute Gasteiger partial charge is 0.115 e. The van der Waals surface area contributed by atoms with Crippen molar-refractivity contribution < 1.29 is 0 Å². The molecule has 5 heteroatoms. The van der Waals surface area contributed by atoms with Gasteiger partial charge >= 0.3 is 0 Å². The lowest BCUT2D eigenvalue weighted by Crippen LogP contribution is -2.23. The van der Waals surface area contributed by atoms with Crippen molar-refractivity contribution >= 4 is 23.4 Å². The van der Waals surface area contributed by atoms with Crippen molar-refractivity contribution in [2.24, 2.45) is 0 Å². The summed E-state index contributed by atoms with van der Waals surface area (Å²) in [4.78, 5) is 4.15. The molecule has 0 spiro atoms. The van der Waals surface area contributed by atoms with Crippen LogP contribution in [0, 0.1) is 11.3 Å². The molecular weight excluding hydrogens is 230 g/mol. The summed E-state index contributed by atoms with van der Waals surface area (Å²) < 4.78 is 0. The molecule has 0 radical (unpaired) electrons. The van der Waals surface area contributed by atoms with Gasteiger partial charge in [0.15, 0.2) is 0 Å². The molecule has 0 aliphatic heterocycles. The summed E-state index contributed by atoms with van der Waals surface area (Å²) in [5.41, 5.74) is 0. The molecule has 1 N–H and O–H groups in total. The maximum Gasteiger partial charge on any atom is 0.115 e. The molecule has 0 saturated carbocycles. The Kier molecular flexibility index (Phi) is 5.48. The molecule has 1 rings (SSSR count). The lowest BCUT2D eigenvalue weighted by Gasteiger charge is -2.06. The van der Waals surface area contributed by atoms with Gasteiger partial charge in [0.1, 0.15) is 5.03 Å². The standard InChI is InChI=1S/C10H12ClN3S/c1-13-8(7-12)4-6-15-10-9(11)3-2-5-14-10/h2-3,5,8,13H,4,6H2,1H3. The molecular formula is C10H12ClN3S. The molecule has 3 nitrogen and oxygen atoms in total. The van der Waals surface area contributed by atoms with Gasteiger partial charge in [-0.15, -0.1) is 11.8 Å². The summed E-state index contributed by atoms with van der Waals surface area (Å²) in [5, 5.41) is 13.1. The predicted octanol–water partition coefficient (Wildman–Crippen LogP) is 2.33. The fraction of sp³-hybridized carbons (Fsp3) is 0.400. The SMILES string of the molecule is CNC(C#N)CCSc1ncccc1Cl. The van der Waals surface area contributed by atoms with Crippen molar-refractivity contribution in [1.82, 2.24) is 10.3 Å². The first-order chi connectivity index (χ1) is 7.27. The summed E-state index contributed by atoms with van der Waals surface area (Å²) in [6, 6.07) is 5.70. The third kappa shape index (κ3) is 4.08. The largest absolute Gasteiger partial charge is 0.305 e. The molecule has 1 aromatic heterocycles. The van der Waals surface area contributed by atoms with E-state index in [0.29, 0.717) is 5.02 Å². The Balaban J connectivity index is 2.39. The Morgan fingerprint density at radius 3 is 3.13 bits per heavy atom. The van der Waals surface area contributed by atoms with Crippen LogP contribution in [0.3, 0.4) is 0 Å². The molecule has 0 aliphatic carbocycles. The van der Waals surface area contributed by atoms with Crippen LogP contribution in [0.25, 0.3) is 0 Å². The minimum Gasteiger partial charge on any atom is -0.305 e. The highest BCUT2D eigenvalue weighted by Gasteiger charge is 2.05. The summed E-state index contributed by atoms with van der Waals surface area (Å²) >= 11 is 7.52. The number of halogens is 1. The van der Waals surface area contributed by atoms with E-state index in [1.165, 1.54) is 0 Å². The van der Waals surface area contributed by atoms with E-state index in [2.05, 4.69) is 16.4 Å². The van der Waals surface area contributed by atoms with Crippen LogP contribution < -0.4 is 5.32 Å². The lowest BCUT2D eigenvalue weighted by molar-refractivity contribution is 0.663. The van der Waals surface area contributed by atoms with Crippen molar-refractivity contribution in [3.05, 3.63) is 23.4 Å². The quantitative estimate of drug-likeness (QED) is 0.804. The van der Waals surface area contributed by atoms with Gasteiger partial charge in [0.25, 0.3) is 0 Å². The molecule has 0 aliphatic rings. The minimum atomic E-state index is -0.0972. The van der Waals surface area contributed by atoms with Gasteiger partial charge in [0, 0.05) is 11.9 Å². The summed E-state index contributed by atoms with van der Waals surface area (Å²) in [6.07, 6.45) is 2.50. The molecule has 0 amide bonds. The zero-order valence-electron chi connectivity index (χ0n) is 8.40. The zero-order chi connectivity index (χ0) is 11.1. The highest BCUT2D eigenvalue weighted by molar-refractivity contribution is 7.99. The molecule has 80 valence electrons. The number of nitrogens with one attached hydrogen (secondary N) is 1. The van der Waals surface area contributed by atoms with Crippen LogP contribution in [0.1, 0.15) is 6.42 Å². The van der Waals surface area contributed by atoms with Gasteiger partial charge in [-0.25, -0.2) is 4.98 Å². The normalized spacial score (nSPS) is 12.1. The monoisotopic (exact) mass is 241 g/mol. The van der Waals surface area contributed by atoms with Crippen LogP contribution in [0.4, 0.5) is 0 Å². The first-order valence-corrected chi connectivity index (χ1v) is 5.94. The molecule has 1 heterocycles. The van der Waals surface area contributed by atoms with E-state index in [4.69, 9.17) is 16.9 Å². The summed E-state index contributed by atoms with van der Waals surface area (Å²) in [7, 11) is 1.78. The summed E-state index contributed by atoms with van der Waals surface area (Å²) in [6.45, 7) is 0. The highest BCUT2D eigenvalue weighted by Crippen LogP contribution is 2.24. The Morgan fingerprint density at radius 2 is 2.53 bits per heavy atom. The second-order valence-electron chi connectivity index (χ2n) is 2.90. The van der Waals surface area contributed by atoms with E-state index in [1.807, 2.05) is 6.07 Å². The van der Waals surface area contributed by atoms with Gasteiger partial charge < -0.3 is 5.32 Å². The second-order valence-corrected chi connectivity index (χ2v) is 4.39. The molecule has 0 saturated heterocycles. The average molecular weight is 242 g/mol. The van der Waals surface area contributed by atoms with E-state index in [0.717, 1.165) is 17.2 Å². The van der Waals surface area contributed by atoms with E-state index in [-0.39, 0.29) is 6.04 Å². The predicted molar refractivity (Wildman–Crippen MR) is 63.0 cm³/mol. The lowest BCUT2D eigenvalue weighted by atomic mass is 10.3. The molecule has 1 unspecified atom stereocenters.